The molecule has 1 aromatic rings. The smallest absolute Gasteiger partial charge is 0.120 e. The van der Waals surface area contributed by atoms with Gasteiger partial charge in [-0.25, -0.2) is 0 Å². The summed E-state index contributed by atoms with van der Waals surface area (Å²) < 4.78 is 6.26. The van der Waals surface area contributed by atoms with Crippen LogP contribution in [0.2, 0.25) is 5.02 Å². The molecule has 2 aliphatic rings. The number of benzene rings is 1. The summed E-state index contributed by atoms with van der Waals surface area (Å²) in [4.78, 5) is 0. The summed E-state index contributed by atoms with van der Waals surface area (Å²) in [6.45, 7) is 9.04. The Balaban J connectivity index is 2.07. The van der Waals surface area contributed by atoms with Gasteiger partial charge in [-0.1, -0.05) is 43.7 Å². The standard InChI is InChI=1S/C19H23ClO/c1-18(2)12-19(3,4)21-16-7-5-6-15(17(16)18)13-8-10-14(20)11-9-13/h5,7-11,15H,6,12H2,1-4H3/t15-/m1/s1. The summed E-state index contributed by atoms with van der Waals surface area (Å²) in [5, 5.41) is 0.791. The molecule has 1 nitrogen and oxygen atoms in total. The predicted molar refractivity (Wildman–Crippen MR) is 88.5 cm³/mol. The van der Waals surface area contributed by atoms with E-state index >= 15 is 0 Å². The first-order valence-corrected chi connectivity index (χ1v) is 8.02. The Labute approximate surface area is 132 Å². The monoisotopic (exact) mass is 302 g/mol. The van der Waals surface area contributed by atoms with E-state index < -0.39 is 0 Å². The highest BCUT2D eigenvalue weighted by atomic mass is 35.5. The van der Waals surface area contributed by atoms with E-state index in [1.165, 1.54) is 11.1 Å². The fourth-order valence-corrected chi connectivity index (χ4v) is 4.20. The third-order valence-electron chi connectivity index (χ3n) is 4.51. The van der Waals surface area contributed by atoms with Gasteiger partial charge in [-0.3, -0.25) is 0 Å². The van der Waals surface area contributed by atoms with Crippen molar-refractivity contribution < 1.29 is 4.74 Å². The first kappa shape index (κ1) is 14.7. The molecule has 1 aliphatic carbocycles. The van der Waals surface area contributed by atoms with Gasteiger partial charge >= 0.3 is 0 Å². The van der Waals surface area contributed by atoms with Crippen LogP contribution in [0.3, 0.4) is 0 Å². The molecule has 21 heavy (non-hydrogen) atoms. The van der Waals surface area contributed by atoms with Crippen LogP contribution in [0.25, 0.3) is 0 Å². The fraction of sp³-hybridized carbons (Fsp3) is 0.474. The predicted octanol–water partition coefficient (Wildman–Crippen LogP) is 5.86. The Morgan fingerprint density at radius 1 is 1.10 bits per heavy atom. The van der Waals surface area contributed by atoms with Gasteiger partial charge in [-0.05, 0) is 61.4 Å². The SMILES string of the molecule is CC1(C)CC(C)(C)C2=C(C=CC[C@@H]2c2ccc(Cl)cc2)O1. The Kier molecular flexibility index (Phi) is 3.44. The van der Waals surface area contributed by atoms with Crippen LogP contribution in [-0.4, -0.2) is 5.60 Å². The summed E-state index contributed by atoms with van der Waals surface area (Å²) in [7, 11) is 0. The lowest BCUT2D eigenvalue weighted by molar-refractivity contribution is -0.0178. The lowest BCUT2D eigenvalue weighted by Gasteiger charge is -2.47. The van der Waals surface area contributed by atoms with E-state index in [-0.39, 0.29) is 11.0 Å². The van der Waals surface area contributed by atoms with E-state index in [9.17, 15) is 0 Å². The molecule has 0 bridgehead atoms. The van der Waals surface area contributed by atoms with Crippen LogP contribution in [0.15, 0.2) is 47.7 Å². The second-order valence-corrected chi connectivity index (χ2v) is 7.88. The molecular formula is C19H23ClO. The van der Waals surface area contributed by atoms with Crippen molar-refractivity contribution >= 4 is 11.6 Å². The molecule has 0 aromatic heterocycles. The Morgan fingerprint density at radius 3 is 2.43 bits per heavy atom. The molecule has 0 amide bonds. The third-order valence-corrected chi connectivity index (χ3v) is 4.76. The Bertz CT molecular complexity index is 605. The zero-order chi connectivity index (χ0) is 15.3. The average molecular weight is 303 g/mol. The van der Waals surface area contributed by atoms with Gasteiger partial charge in [0.1, 0.15) is 11.4 Å². The van der Waals surface area contributed by atoms with Crippen molar-refractivity contribution in [2.75, 3.05) is 0 Å². The maximum Gasteiger partial charge on any atom is 0.120 e. The van der Waals surface area contributed by atoms with E-state index in [4.69, 9.17) is 16.3 Å². The number of rotatable bonds is 1. The summed E-state index contributed by atoms with van der Waals surface area (Å²) in [6, 6.07) is 8.26. The highest BCUT2D eigenvalue weighted by Crippen LogP contribution is 2.52. The molecule has 0 spiro atoms. The lowest BCUT2D eigenvalue weighted by Crippen LogP contribution is -2.40. The van der Waals surface area contributed by atoms with Gasteiger partial charge in [-0.15, -0.1) is 0 Å². The molecule has 1 aliphatic heterocycles. The van der Waals surface area contributed by atoms with Gasteiger partial charge in [0.05, 0.1) is 0 Å². The van der Waals surface area contributed by atoms with Crippen molar-refractivity contribution in [3.05, 3.63) is 58.3 Å². The molecular weight excluding hydrogens is 280 g/mol. The van der Waals surface area contributed by atoms with Crippen LogP contribution < -0.4 is 0 Å². The van der Waals surface area contributed by atoms with Crippen molar-refractivity contribution in [2.45, 2.75) is 52.1 Å². The number of ether oxygens (including phenoxy) is 1. The third kappa shape index (κ3) is 2.76. The van der Waals surface area contributed by atoms with Gasteiger partial charge in [0.25, 0.3) is 0 Å². The van der Waals surface area contributed by atoms with E-state index in [0.717, 1.165) is 23.6 Å². The average Bonchev–Trinajstić information content (AvgIpc) is 2.36. The second kappa shape index (κ2) is 4.91. The van der Waals surface area contributed by atoms with Gasteiger partial charge in [-0.2, -0.15) is 0 Å². The number of halogens is 1. The van der Waals surface area contributed by atoms with Crippen molar-refractivity contribution in [3.63, 3.8) is 0 Å². The summed E-state index contributed by atoms with van der Waals surface area (Å²) in [5.74, 6) is 1.47. The van der Waals surface area contributed by atoms with Crippen LogP contribution in [0, 0.1) is 5.41 Å². The van der Waals surface area contributed by atoms with Crippen molar-refractivity contribution in [3.8, 4) is 0 Å². The number of hydrogen-bond donors (Lipinski definition) is 0. The number of allylic oxidation sites excluding steroid dienone is 3. The molecule has 0 saturated heterocycles. The normalized spacial score (nSPS) is 26.2. The maximum absolute atomic E-state index is 6.26. The number of hydrogen-bond acceptors (Lipinski definition) is 1. The van der Waals surface area contributed by atoms with Gasteiger partial charge in [0.15, 0.2) is 0 Å². The minimum absolute atomic E-state index is 0.103. The largest absolute Gasteiger partial charge is 0.488 e. The first-order valence-electron chi connectivity index (χ1n) is 7.64. The Morgan fingerprint density at radius 2 is 1.76 bits per heavy atom. The molecule has 1 aromatic carbocycles. The van der Waals surface area contributed by atoms with Crippen LogP contribution >= 0.6 is 11.6 Å². The zero-order valence-electron chi connectivity index (χ0n) is 13.2. The van der Waals surface area contributed by atoms with E-state index in [1.807, 2.05) is 12.1 Å². The zero-order valence-corrected chi connectivity index (χ0v) is 14.0. The molecule has 0 N–H and O–H groups in total. The molecule has 1 heterocycles. The minimum Gasteiger partial charge on any atom is -0.488 e. The summed E-state index contributed by atoms with van der Waals surface area (Å²) in [6.07, 6.45) is 6.46. The van der Waals surface area contributed by atoms with Crippen LogP contribution in [0.4, 0.5) is 0 Å². The molecule has 0 unspecified atom stereocenters. The molecule has 1 atom stereocenters. The fourth-order valence-electron chi connectivity index (χ4n) is 4.08. The summed E-state index contributed by atoms with van der Waals surface area (Å²) >= 11 is 6.03. The van der Waals surface area contributed by atoms with Crippen molar-refractivity contribution in [1.29, 1.82) is 0 Å². The molecule has 112 valence electrons. The van der Waals surface area contributed by atoms with Crippen LogP contribution in [0.1, 0.15) is 52.0 Å². The molecule has 0 saturated carbocycles. The van der Waals surface area contributed by atoms with Gasteiger partial charge in [0.2, 0.25) is 0 Å². The minimum atomic E-state index is -0.103. The highest BCUT2D eigenvalue weighted by Gasteiger charge is 2.43. The molecule has 2 heteroatoms. The van der Waals surface area contributed by atoms with E-state index in [2.05, 4.69) is 52.0 Å². The van der Waals surface area contributed by atoms with Crippen molar-refractivity contribution in [2.24, 2.45) is 5.41 Å². The van der Waals surface area contributed by atoms with Gasteiger partial charge in [0, 0.05) is 10.9 Å². The lowest BCUT2D eigenvalue weighted by atomic mass is 9.66. The van der Waals surface area contributed by atoms with Gasteiger partial charge < -0.3 is 4.74 Å². The van der Waals surface area contributed by atoms with Crippen molar-refractivity contribution in [1.82, 2.24) is 0 Å². The quantitative estimate of drug-likeness (QED) is 0.631. The second-order valence-electron chi connectivity index (χ2n) is 7.44. The summed E-state index contributed by atoms with van der Waals surface area (Å²) in [5.41, 5.74) is 2.81. The van der Waals surface area contributed by atoms with E-state index in [0.29, 0.717) is 5.92 Å². The molecule has 0 fully saturated rings. The molecule has 0 radical (unpaired) electrons. The van der Waals surface area contributed by atoms with Crippen LogP contribution in [0.5, 0.6) is 0 Å². The first-order chi connectivity index (χ1) is 9.78. The van der Waals surface area contributed by atoms with Crippen LogP contribution in [-0.2, 0) is 4.74 Å². The Hall–Kier alpha value is -1.21. The van der Waals surface area contributed by atoms with E-state index in [1.54, 1.807) is 0 Å². The molecule has 3 rings (SSSR count). The maximum atomic E-state index is 6.26. The highest BCUT2D eigenvalue weighted by molar-refractivity contribution is 6.30. The topological polar surface area (TPSA) is 9.23 Å².